The average molecular weight is 276 g/mol. The smallest absolute Gasteiger partial charge is 0.259 e. The lowest BCUT2D eigenvalue weighted by Gasteiger charge is -2.04. The van der Waals surface area contributed by atoms with Gasteiger partial charge in [-0.2, -0.15) is 0 Å². The number of nitrogens with one attached hydrogen (secondary N) is 1. The highest BCUT2D eigenvalue weighted by molar-refractivity contribution is 6.03. The van der Waals surface area contributed by atoms with Gasteiger partial charge in [-0.05, 0) is 18.2 Å². The van der Waals surface area contributed by atoms with Crippen molar-refractivity contribution in [1.82, 2.24) is 15.0 Å². The first kappa shape index (κ1) is 12.9. The van der Waals surface area contributed by atoms with E-state index in [-0.39, 0.29) is 11.9 Å². The molecule has 102 valence electrons. The molecule has 21 heavy (non-hydrogen) atoms. The molecular weight excluding hydrogens is 264 g/mol. The first-order valence-corrected chi connectivity index (χ1v) is 6.43. The van der Waals surface area contributed by atoms with Gasteiger partial charge in [0.15, 0.2) is 0 Å². The van der Waals surface area contributed by atoms with Crippen LogP contribution in [0.1, 0.15) is 10.4 Å². The summed E-state index contributed by atoms with van der Waals surface area (Å²) < 4.78 is 0. The molecule has 5 nitrogen and oxygen atoms in total. The van der Waals surface area contributed by atoms with E-state index < -0.39 is 0 Å². The number of amides is 1. The van der Waals surface area contributed by atoms with E-state index in [1.54, 1.807) is 30.7 Å². The topological polar surface area (TPSA) is 67.8 Å². The number of hydrogen-bond donors (Lipinski definition) is 1. The van der Waals surface area contributed by atoms with E-state index in [0.29, 0.717) is 5.56 Å². The van der Waals surface area contributed by atoms with Gasteiger partial charge < -0.3 is 0 Å². The third-order valence-electron chi connectivity index (χ3n) is 2.89. The van der Waals surface area contributed by atoms with Crippen LogP contribution < -0.4 is 5.32 Å². The molecule has 0 saturated heterocycles. The Balaban J connectivity index is 1.77. The molecule has 0 spiro atoms. The Bertz CT molecular complexity index is 727. The molecule has 0 radical (unpaired) electrons. The molecule has 0 bridgehead atoms. The summed E-state index contributed by atoms with van der Waals surface area (Å²) in [5, 5.41) is 2.62. The van der Waals surface area contributed by atoms with Crippen LogP contribution in [0.4, 0.5) is 5.95 Å². The average Bonchev–Trinajstić information content (AvgIpc) is 2.57. The summed E-state index contributed by atoms with van der Waals surface area (Å²) in [6, 6.07) is 15.0. The van der Waals surface area contributed by atoms with Crippen LogP contribution in [0.15, 0.2) is 67.1 Å². The Hall–Kier alpha value is -3.08. The lowest BCUT2D eigenvalue weighted by molar-refractivity contribution is 0.102. The van der Waals surface area contributed by atoms with E-state index in [1.165, 1.54) is 0 Å². The third-order valence-corrected chi connectivity index (χ3v) is 2.89. The Morgan fingerprint density at radius 2 is 1.62 bits per heavy atom. The molecule has 2 heterocycles. The zero-order valence-electron chi connectivity index (χ0n) is 11.1. The Kier molecular flexibility index (Phi) is 3.64. The minimum Gasteiger partial charge on any atom is -0.290 e. The van der Waals surface area contributed by atoms with Gasteiger partial charge >= 0.3 is 0 Å². The van der Waals surface area contributed by atoms with E-state index in [2.05, 4.69) is 20.3 Å². The first-order chi connectivity index (χ1) is 10.3. The van der Waals surface area contributed by atoms with Gasteiger partial charge in [0.1, 0.15) is 0 Å². The maximum absolute atomic E-state index is 12.0. The number of carbonyl (C=O) groups is 1. The number of hydrogen-bond acceptors (Lipinski definition) is 4. The van der Waals surface area contributed by atoms with Gasteiger partial charge in [-0.1, -0.05) is 30.3 Å². The molecule has 5 heteroatoms. The maximum Gasteiger partial charge on any atom is 0.259 e. The lowest BCUT2D eigenvalue weighted by Crippen LogP contribution is -2.14. The van der Waals surface area contributed by atoms with Gasteiger partial charge in [0.2, 0.25) is 5.95 Å². The van der Waals surface area contributed by atoms with Crippen molar-refractivity contribution in [2.24, 2.45) is 0 Å². The number of anilines is 1. The number of rotatable bonds is 3. The van der Waals surface area contributed by atoms with E-state index in [4.69, 9.17) is 0 Å². The monoisotopic (exact) mass is 276 g/mol. The zero-order chi connectivity index (χ0) is 14.5. The molecule has 3 aromatic rings. The van der Waals surface area contributed by atoms with Gasteiger partial charge in [-0.25, -0.2) is 9.97 Å². The second-order valence-electron chi connectivity index (χ2n) is 4.32. The molecule has 0 aliphatic heterocycles. The van der Waals surface area contributed by atoms with Crippen LogP contribution in [0.5, 0.6) is 0 Å². The van der Waals surface area contributed by atoms with Crippen LogP contribution >= 0.6 is 0 Å². The third kappa shape index (κ3) is 3.09. The summed E-state index contributed by atoms with van der Waals surface area (Å²) in [4.78, 5) is 24.2. The SMILES string of the molecule is O=C(Nc1ncccn1)c1ccc(-c2ccccc2)nc1. The van der Waals surface area contributed by atoms with Crippen LogP contribution in [0.3, 0.4) is 0 Å². The van der Waals surface area contributed by atoms with Gasteiger partial charge in [0.25, 0.3) is 5.91 Å². The highest BCUT2D eigenvalue weighted by atomic mass is 16.1. The van der Waals surface area contributed by atoms with Gasteiger partial charge in [-0.15, -0.1) is 0 Å². The van der Waals surface area contributed by atoms with E-state index in [9.17, 15) is 4.79 Å². The fraction of sp³-hybridized carbons (Fsp3) is 0. The first-order valence-electron chi connectivity index (χ1n) is 6.43. The molecule has 0 aliphatic rings. The van der Waals surface area contributed by atoms with Crippen molar-refractivity contribution in [1.29, 1.82) is 0 Å². The number of carbonyl (C=O) groups excluding carboxylic acids is 1. The minimum absolute atomic E-state index is 0.273. The Morgan fingerprint density at radius 3 is 2.29 bits per heavy atom. The number of benzene rings is 1. The summed E-state index contributed by atoms with van der Waals surface area (Å²) in [6.07, 6.45) is 4.68. The summed E-state index contributed by atoms with van der Waals surface area (Å²) in [6.45, 7) is 0. The highest BCUT2D eigenvalue weighted by Gasteiger charge is 2.08. The van der Waals surface area contributed by atoms with Crippen molar-refractivity contribution >= 4 is 11.9 Å². The molecule has 1 amide bonds. The van der Waals surface area contributed by atoms with Crippen LogP contribution in [-0.4, -0.2) is 20.9 Å². The minimum atomic E-state index is -0.284. The maximum atomic E-state index is 12.0. The van der Waals surface area contributed by atoms with Crippen molar-refractivity contribution < 1.29 is 4.79 Å². The van der Waals surface area contributed by atoms with Gasteiger partial charge in [0, 0.05) is 24.2 Å². The Morgan fingerprint density at radius 1 is 0.857 bits per heavy atom. The number of nitrogens with zero attached hydrogens (tertiary/aromatic N) is 3. The Labute approximate surface area is 121 Å². The summed E-state index contributed by atoms with van der Waals surface area (Å²) in [7, 11) is 0. The predicted molar refractivity (Wildman–Crippen MR) is 79.7 cm³/mol. The predicted octanol–water partition coefficient (Wildman–Crippen LogP) is 2.79. The van der Waals surface area contributed by atoms with Crippen LogP contribution in [0, 0.1) is 0 Å². The van der Waals surface area contributed by atoms with Crippen molar-refractivity contribution in [3.8, 4) is 11.3 Å². The largest absolute Gasteiger partial charge is 0.290 e. The molecule has 0 fully saturated rings. The molecule has 0 saturated carbocycles. The second kappa shape index (κ2) is 5.92. The summed E-state index contributed by atoms with van der Waals surface area (Å²) in [5.74, 6) is -0.0112. The molecule has 2 aromatic heterocycles. The van der Waals surface area contributed by atoms with Crippen molar-refractivity contribution in [2.45, 2.75) is 0 Å². The molecule has 0 atom stereocenters. The summed E-state index contributed by atoms with van der Waals surface area (Å²) >= 11 is 0. The van der Waals surface area contributed by atoms with E-state index in [0.717, 1.165) is 11.3 Å². The summed E-state index contributed by atoms with van der Waals surface area (Å²) in [5.41, 5.74) is 2.29. The molecule has 1 N–H and O–H groups in total. The van der Waals surface area contributed by atoms with Crippen LogP contribution in [0.25, 0.3) is 11.3 Å². The van der Waals surface area contributed by atoms with Crippen molar-refractivity contribution in [2.75, 3.05) is 5.32 Å². The van der Waals surface area contributed by atoms with E-state index >= 15 is 0 Å². The zero-order valence-corrected chi connectivity index (χ0v) is 11.1. The highest BCUT2D eigenvalue weighted by Crippen LogP contribution is 2.16. The number of aromatic nitrogens is 3. The molecule has 0 unspecified atom stereocenters. The van der Waals surface area contributed by atoms with Gasteiger partial charge in [-0.3, -0.25) is 15.1 Å². The molecule has 1 aromatic carbocycles. The lowest BCUT2D eigenvalue weighted by atomic mass is 10.1. The normalized spacial score (nSPS) is 10.1. The molecular formula is C16H12N4O. The quantitative estimate of drug-likeness (QED) is 0.798. The fourth-order valence-electron chi connectivity index (χ4n) is 1.85. The van der Waals surface area contributed by atoms with Crippen molar-refractivity contribution in [3.63, 3.8) is 0 Å². The molecule has 0 aliphatic carbocycles. The van der Waals surface area contributed by atoms with E-state index in [1.807, 2.05) is 36.4 Å². The number of pyridine rings is 1. The van der Waals surface area contributed by atoms with Crippen LogP contribution in [0.2, 0.25) is 0 Å². The fourth-order valence-corrected chi connectivity index (χ4v) is 1.85. The standard InChI is InChI=1S/C16H12N4O/c21-15(20-16-17-9-4-10-18-16)13-7-8-14(19-11-13)12-5-2-1-3-6-12/h1-11H,(H,17,18,20,21). The van der Waals surface area contributed by atoms with Crippen molar-refractivity contribution in [3.05, 3.63) is 72.7 Å². The molecule has 3 rings (SSSR count). The second-order valence-corrected chi connectivity index (χ2v) is 4.32. The van der Waals surface area contributed by atoms with Gasteiger partial charge in [0.05, 0.1) is 11.3 Å². The van der Waals surface area contributed by atoms with Crippen LogP contribution in [-0.2, 0) is 0 Å².